The van der Waals surface area contributed by atoms with Crippen molar-refractivity contribution in [3.63, 3.8) is 0 Å². The molecule has 0 saturated heterocycles. The first-order valence-electron chi connectivity index (χ1n) is 19.1. The van der Waals surface area contributed by atoms with Gasteiger partial charge in [0.25, 0.3) is 0 Å². The van der Waals surface area contributed by atoms with Crippen LogP contribution >= 0.6 is 0 Å². The number of aromatic nitrogens is 4. The van der Waals surface area contributed by atoms with Gasteiger partial charge in [-0.1, -0.05) is 164 Å². The maximum atomic E-state index is 5.40. The van der Waals surface area contributed by atoms with E-state index in [1.54, 1.807) is 0 Å². The number of rotatable bonds is 4. The number of para-hydroxylation sites is 3. The van der Waals surface area contributed by atoms with Gasteiger partial charge in [0.05, 0.1) is 27.8 Å². The van der Waals surface area contributed by atoms with Crippen LogP contribution in [0.4, 0.5) is 0 Å². The molecule has 0 atom stereocenters. The normalized spacial score (nSPS) is 11.9. The van der Waals surface area contributed by atoms with Crippen LogP contribution in [0, 0.1) is 0 Å². The predicted octanol–water partition coefficient (Wildman–Crippen LogP) is 13.5. The Morgan fingerprint density at radius 1 is 0.321 bits per heavy atom. The molecule has 56 heavy (non-hydrogen) atoms. The van der Waals surface area contributed by atoms with E-state index >= 15 is 0 Å². The first-order valence-corrected chi connectivity index (χ1v) is 19.1. The molecule has 4 nitrogen and oxygen atoms in total. The second kappa shape index (κ2) is 12.0. The molecule has 12 rings (SSSR count). The molecule has 0 spiro atoms. The van der Waals surface area contributed by atoms with E-state index in [4.69, 9.17) is 9.97 Å². The summed E-state index contributed by atoms with van der Waals surface area (Å²) < 4.78 is 4.85. The van der Waals surface area contributed by atoms with E-state index < -0.39 is 0 Å². The Morgan fingerprint density at radius 3 is 1.32 bits per heavy atom. The molecule has 3 heterocycles. The van der Waals surface area contributed by atoms with Crippen molar-refractivity contribution in [2.24, 2.45) is 0 Å². The predicted molar refractivity (Wildman–Crippen MR) is 234 cm³/mol. The van der Waals surface area contributed by atoms with Crippen molar-refractivity contribution < 1.29 is 0 Å². The Balaban J connectivity index is 1.33. The maximum absolute atomic E-state index is 5.40. The zero-order valence-electron chi connectivity index (χ0n) is 30.3. The second-order valence-electron chi connectivity index (χ2n) is 14.5. The van der Waals surface area contributed by atoms with E-state index in [0.717, 1.165) is 39.4 Å². The highest BCUT2D eigenvalue weighted by atomic mass is 15.1. The topological polar surface area (TPSA) is 35.6 Å². The Hall–Kier alpha value is -7.56. The van der Waals surface area contributed by atoms with Gasteiger partial charge < -0.3 is 4.57 Å². The molecular weight excluding hydrogens is 681 g/mol. The van der Waals surface area contributed by atoms with Gasteiger partial charge in [-0.15, -0.1) is 0 Å². The van der Waals surface area contributed by atoms with Gasteiger partial charge in [0.15, 0.2) is 5.82 Å². The minimum Gasteiger partial charge on any atom is -0.309 e. The maximum Gasteiger partial charge on any atom is 0.162 e. The van der Waals surface area contributed by atoms with Crippen LogP contribution in [-0.4, -0.2) is 19.1 Å². The molecule has 0 radical (unpaired) electrons. The van der Waals surface area contributed by atoms with Crippen LogP contribution in [-0.2, 0) is 0 Å². The molecule has 0 bridgehead atoms. The molecular formula is C52H32N4. The van der Waals surface area contributed by atoms with Gasteiger partial charge in [-0.25, -0.2) is 9.97 Å². The fourth-order valence-electron chi connectivity index (χ4n) is 9.21. The summed E-state index contributed by atoms with van der Waals surface area (Å²) >= 11 is 0. The summed E-state index contributed by atoms with van der Waals surface area (Å²) in [6.45, 7) is 0. The number of nitrogens with zero attached hydrogens (tertiary/aromatic N) is 4. The smallest absolute Gasteiger partial charge is 0.162 e. The molecule has 9 aromatic carbocycles. The van der Waals surface area contributed by atoms with E-state index in [2.05, 4.69) is 179 Å². The molecule has 0 unspecified atom stereocenters. The zero-order valence-corrected chi connectivity index (χ0v) is 30.3. The highest BCUT2D eigenvalue weighted by Crippen LogP contribution is 2.50. The van der Waals surface area contributed by atoms with Crippen molar-refractivity contribution in [1.29, 1.82) is 0 Å². The highest BCUT2D eigenvalue weighted by Gasteiger charge is 2.26. The number of hydrogen-bond donors (Lipinski definition) is 0. The van der Waals surface area contributed by atoms with Crippen LogP contribution in [0.3, 0.4) is 0 Å². The summed E-state index contributed by atoms with van der Waals surface area (Å²) in [5, 5.41) is 12.3. The van der Waals surface area contributed by atoms with E-state index in [1.165, 1.54) is 64.9 Å². The minimum absolute atomic E-state index is 0.693. The monoisotopic (exact) mass is 712 g/mol. The van der Waals surface area contributed by atoms with E-state index in [9.17, 15) is 0 Å². The molecule has 4 heteroatoms. The van der Waals surface area contributed by atoms with Gasteiger partial charge in [0, 0.05) is 66.0 Å². The molecule has 0 N–H and O–H groups in total. The second-order valence-corrected chi connectivity index (χ2v) is 14.5. The summed E-state index contributed by atoms with van der Waals surface area (Å²) in [6.07, 6.45) is 0. The summed E-state index contributed by atoms with van der Waals surface area (Å²) in [7, 11) is 0. The number of fused-ring (bicyclic) bond motifs is 15. The van der Waals surface area contributed by atoms with Gasteiger partial charge in [-0.2, -0.15) is 0 Å². The lowest BCUT2D eigenvalue weighted by atomic mass is 9.89. The Morgan fingerprint density at radius 2 is 0.750 bits per heavy atom. The third-order valence-electron chi connectivity index (χ3n) is 11.5. The van der Waals surface area contributed by atoms with Crippen LogP contribution in [0.1, 0.15) is 0 Å². The van der Waals surface area contributed by atoms with Crippen molar-refractivity contribution in [2.45, 2.75) is 0 Å². The number of benzene rings is 9. The molecule has 12 aromatic rings. The highest BCUT2D eigenvalue weighted by molar-refractivity contribution is 6.45. The first-order chi connectivity index (χ1) is 27.8. The van der Waals surface area contributed by atoms with Crippen molar-refractivity contribution in [3.05, 3.63) is 194 Å². The molecule has 0 aliphatic rings. The average Bonchev–Trinajstić information content (AvgIpc) is 3.81. The summed E-state index contributed by atoms with van der Waals surface area (Å²) in [6, 6.07) is 69.4. The quantitative estimate of drug-likeness (QED) is 0.170. The molecule has 3 aromatic heterocycles. The van der Waals surface area contributed by atoms with Crippen molar-refractivity contribution in [3.8, 4) is 34.2 Å². The van der Waals surface area contributed by atoms with Crippen LogP contribution in [0.25, 0.3) is 110 Å². The summed E-state index contributed by atoms with van der Waals surface area (Å²) in [4.78, 5) is 10.6. The lowest BCUT2D eigenvalue weighted by molar-refractivity contribution is 1.05. The largest absolute Gasteiger partial charge is 0.309 e. The first kappa shape index (κ1) is 30.9. The zero-order chi connectivity index (χ0) is 36.7. The third kappa shape index (κ3) is 4.35. The van der Waals surface area contributed by atoms with Crippen LogP contribution in [0.2, 0.25) is 0 Å². The van der Waals surface area contributed by atoms with E-state index in [1.807, 2.05) is 24.3 Å². The third-order valence-corrected chi connectivity index (χ3v) is 11.5. The lowest BCUT2D eigenvalue weighted by Crippen LogP contribution is -2.03. The molecule has 0 saturated carbocycles. The average molecular weight is 713 g/mol. The van der Waals surface area contributed by atoms with E-state index in [-0.39, 0.29) is 0 Å². The van der Waals surface area contributed by atoms with Crippen molar-refractivity contribution >= 4 is 75.9 Å². The van der Waals surface area contributed by atoms with Crippen LogP contribution in [0.5, 0.6) is 0 Å². The molecule has 0 fully saturated rings. The number of hydrogen-bond acceptors (Lipinski definition) is 2. The van der Waals surface area contributed by atoms with Gasteiger partial charge in [0.1, 0.15) is 5.82 Å². The van der Waals surface area contributed by atoms with Crippen LogP contribution in [0.15, 0.2) is 194 Å². The van der Waals surface area contributed by atoms with Crippen molar-refractivity contribution in [2.75, 3.05) is 0 Å². The minimum atomic E-state index is 0.693. The van der Waals surface area contributed by atoms with Gasteiger partial charge >= 0.3 is 0 Å². The fraction of sp³-hybridized carbons (Fsp3) is 0. The Labute approximate surface area is 322 Å². The van der Waals surface area contributed by atoms with Gasteiger partial charge in [0.2, 0.25) is 0 Å². The standard InChI is InChI=1S/C52H32N4/c1-4-18-33(19-5-1)42-32-45(54-52(53-42)34-20-6-2-7-21-34)56-44-31-17-15-29-41(44)49-47-36-24-10-12-26-38(36)50-48(46(47)37-25-11-13-27-39(37)51(49)56)40-28-14-16-30-43(40)55(50)35-22-8-3-9-23-35/h1-32H. The molecule has 0 amide bonds. The SMILES string of the molecule is c1ccc(-c2cc(-n3c4ccccc4c4c5c6ccccc6c6c(c7ccccc7n6-c6ccccc6)c5c5ccccc5c43)nc(-c3ccccc3)n2)cc1. The Kier molecular flexibility index (Phi) is 6.60. The van der Waals surface area contributed by atoms with Gasteiger partial charge in [-0.05, 0) is 35.0 Å². The van der Waals surface area contributed by atoms with E-state index in [0.29, 0.717) is 5.82 Å². The Bertz CT molecular complexity index is 3450. The van der Waals surface area contributed by atoms with Gasteiger partial charge in [-0.3, -0.25) is 4.57 Å². The lowest BCUT2D eigenvalue weighted by Gasteiger charge is -2.17. The summed E-state index contributed by atoms with van der Waals surface area (Å²) in [5.41, 5.74) is 8.72. The fourth-order valence-corrected chi connectivity index (χ4v) is 9.21. The molecule has 0 aliphatic heterocycles. The molecule has 260 valence electrons. The molecule has 0 aliphatic carbocycles. The van der Waals surface area contributed by atoms with Crippen molar-refractivity contribution in [1.82, 2.24) is 19.1 Å². The van der Waals surface area contributed by atoms with Crippen LogP contribution < -0.4 is 0 Å². The summed E-state index contributed by atoms with van der Waals surface area (Å²) in [5.74, 6) is 1.53.